The van der Waals surface area contributed by atoms with Gasteiger partial charge in [-0.15, -0.1) is 0 Å². The number of benzene rings is 1. The van der Waals surface area contributed by atoms with Gasteiger partial charge in [0.15, 0.2) is 0 Å². The number of halogens is 8. The highest BCUT2D eigenvalue weighted by Crippen LogP contribution is 2.49. The number of carbonyl (C=O) groups excluding carboxylic acids is 1. The van der Waals surface area contributed by atoms with Crippen LogP contribution in [0.15, 0.2) is 18.2 Å². The normalized spacial score (nSPS) is 12.6. The van der Waals surface area contributed by atoms with Crippen LogP contribution in [0.3, 0.4) is 0 Å². The van der Waals surface area contributed by atoms with Crippen molar-refractivity contribution < 1.29 is 45.0 Å². The fourth-order valence-electron chi connectivity index (χ4n) is 4.34. The minimum absolute atomic E-state index is 0.336. The molecule has 0 atom stereocenters. The molecule has 0 aliphatic rings. The van der Waals surface area contributed by atoms with E-state index in [1.807, 2.05) is 0 Å². The molecule has 0 aliphatic heterocycles. The quantitative estimate of drug-likeness (QED) is 0.0662. The SMILES string of the molecule is CCCCCCCCCCCCCCCCCCNc1ccc(NC(=O)C(F)(F)C(F)(F)C(F)(F)C(F)F)c(O)c1. The topological polar surface area (TPSA) is 61.4 Å². The van der Waals surface area contributed by atoms with Gasteiger partial charge in [-0.05, 0) is 18.6 Å². The molecule has 0 radical (unpaired) electrons. The zero-order valence-electron chi connectivity index (χ0n) is 23.7. The Morgan fingerprint density at radius 2 is 1.20 bits per heavy atom. The van der Waals surface area contributed by atoms with Crippen molar-refractivity contribution >= 4 is 17.3 Å². The van der Waals surface area contributed by atoms with Crippen LogP contribution in [0.25, 0.3) is 0 Å². The molecule has 3 N–H and O–H groups in total. The van der Waals surface area contributed by atoms with Crippen LogP contribution >= 0.6 is 0 Å². The van der Waals surface area contributed by atoms with E-state index in [9.17, 15) is 45.0 Å². The average Bonchev–Trinajstić information content (AvgIpc) is 2.91. The number of hydrogen-bond donors (Lipinski definition) is 3. The van der Waals surface area contributed by atoms with Crippen LogP contribution in [0.5, 0.6) is 5.75 Å². The number of carbonyl (C=O) groups is 1. The summed E-state index contributed by atoms with van der Waals surface area (Å²) in [6.45, 7) is 2.75. The second-order valence-corrected chi connectivity index (χ2v) is 10.5. The first-order valence-corrected chi connectivity index (χ1v) is 14.6. The van der Waals surface area contributed by atoms with E-state index in [1.54, 1.807) is 0 Å². The lowest BCUT2D eigenvalue weighted by Gasteiger charge is -2.31. The lowest BCUT2D eigenvalue weighted by Crippen LogP contribution is -2.61. The largest absolute Gasteiger partial charge is 0.506 e. The summed E-state index contributed by atoms with van der Waals surface area (Å²) in [4.78, 5) is 11.6. The van der Waals surface area contributed by atoms with Gasteiger partial charge in [-0.2, -0.15) is 26.3 Å². The van der Waals surface area contributed by atoms with E-state index in [-0.39, 0.29) is 0 Å². The van der Waals surface area contributed by atoms with Crippen LogP contribution in [0, 0.1) is 0 Å². The van der Waals surface area contributed by atoms with Gasteiger partial charge in [0, 0.05) is 18.3 Å². The Morgan fingerprint density at radius 1 is 0.756 bits per heavy atom. The Labute approximate surface area is 237 Å². The highest BCUT2D eigenvalue weighted by Gasteiger charge is 2.78. The number of aromatic hydroxyl groups is 1. The zero-order chi connectivity index (χ0) is 30.9. The summed E-state index contributed by atoms with van der Waals surface area (Å²) >= 11 is 0. The molecular formula is C29H44F8N2O2. The van der Waals surface area contributed by atoms with Crippen molar-refractivity contribution in [2.75, 3.05) is 17.2 Å². The van der Waals surface area contributed by atoms with Gasteiger partial charge in [0.05, 0.1) is 5.69 Å². The Kier molecular flexibility index (Phi) is 16.4. The molecular weight excluding hydrogens is 560 g/mol. The summed E-state index contributed by atoms with van der Waals surface area (Å²) in [5.74, 6) is -23.1. The summed E-state index contributed by atoms with van der Waals surface area (Å²) in [6, 6.07) is 3.15. The van der Waals surface area contributed by atoms with Gasteiger partial charge in [0.25, 0.3) is 0 Å². The van der Waals surface area contributed by atoms with Gasteiger partial charge in [-0.1, -0.05) is 103 Å². The second-order valence-electron chi connectivity index (χ2n) is 10.5. The number of amides is 1. The predicted octanol–water partition coefficient (Wildman–Crippen LogP) is 10.2. The first-order valence-electron chi connectivity index (χ1n) is 14.6. The van der Waals surface area contributed by atoms with Gasteiger partial charge in [-0.3, -0.25) is 4.79 Å². The van der Waals surface area contributed by atoms with E-state index in [1.165, 1.54) is 88.4 Å². The first-order chi connectivity index (χ1) is 19.3. The van der Waals surface area contributed by atoms with Crippen LogP contribution < -0.4 is 10.6 Å². The highest BCUT2D eigenvalue weighted by molar-refractivity contribution is 5.98. The minimum Gasteiger partial charge on any atom is -0.506 e. The molecule has 238 valence electrons. The molecule has 12 heteroatoms. The standard InChI is InChI=1S/C29H44F8N2O2/c1-2-3-4-5-6-7-8-9-10-11-12-13-14-15-16-17-20-38-22-18-19-23(24(40)21-22)39-26(41)28(34,35)29(36,37)27(32,33)25(30)31/h18-19,21,25,38,40H,2-17,20H2,1H3,(H,39,41). The molecule has 0 spiro atoms. The van der Waals surface area contributed by atoms with Crippen molar-refractivity contribution in [1.29, 1.82) is 0 Å². The monoisotopic (exact) mass is 604 g/mol. The number of rotatable bonds is 23. The van der Waals surface area contributed by atoms with E-state index in [0.717, 1.165) is 37.8 Å². The zero-order valence-corrected chi connectivity index (χ0v) is 23.7. The fraction of sp³-hybridized carbons (Fsp3) is 0.759. The minimum atomic E-state index is -6.68. The fourth-order valence-corrected chi connectivity index (χ4v) is 4.34. The number of hydrogen-bond acceptors (Lipinski definition) is 3. The van der Waals surface area contributed by atoms with E-state index in [0.29, 0.717) is 12.2 Å². The van der Waals surface area contributed by atoms with Crippen LogP contribution in [-0.2, 0) is 4.79 Å². The van der Waals surface area contributed by atoms with Crippen molar-refractivity contribution in [3.05, 3.63) is 18.2 Å². The van der Waals surface area contributed by atoms with E-state index in [2.05, 4.69) is 12.2 Å². The Hall–Kier alpha value is -2.27. The molecule has 1 amide bonds. The van der Waals surface area contributed by atoms with Gasteiger partial charge in [0.1, 0.15) is 5.75 Å². The van der Waals surface area contributed by atoms with Gasteiger partial charge >= 0.3 is 30.1 Å². The highest BCUT2D eigenvalue weighted by atomic mass is 19.4. The molecule has 0 bridgehead atoms. The molecule has 1 aromatic rings. The Balaban J connectivity index is 2.26. The summed E-state index contributed by atoms with van der Waals surface area (Å²) in [7, 11) is 0. The molecule has 0 fully saturated rings. The molecule has 0 unspecified atom stereocenters. The van der Waals surface area contributed by atoms with Crippen LogP contribution in [-0.4, -0.2) is 41.8 Å². The molecule has 4 nitrogen and oxygen atoms in total. The third kappa shape index (κ3) is 11.9. The number of phenolic OH excluding ortho intramolecular Hbond substituents is 1. The summed E-state index contributed by atoms with van der Waals surface area (Å²) in [5.41, 5.74) is -0.443. The average molecular weight is 605 g/mol. The van der Waals surface area contributed by atoms with Crippen LogP contribution in [0.2, 0.25) is 0 Å². The second kappa shape index (κ2) is 18.3. The Bertz CT molecular complexity index is 884. The number of anilines is 2. The molecule has 0 heterocycles. The lowest BCUT2D eigenvalue weighted by atomic mass is 10.0. The maximum atomic E-state index is 13.7. The first kappa shape index (κ1) is 36.8. The van der Waals surface area contributed by atoms with Crippen molar-refractivity contribution in [3.63, 3.8) is 0 Å². The molecule has 0 saturated heterocycles. The van der Waals surface area contributed by atoms with Crippen LogP contribution in [0.4, 0.5) is 46.5 Å². The van der Waals surface area contributed by atoms with Gasteiger partial charge in [-0.25, -0.2) is 8.78 Å². The number of alkyl halides is 8. The van der Waals surface area contributed by atoms with E-state index in [4.69, 9.17) is 0 Å². The smallest absolute Gasteiger partial charge is 0.393 e. The van der Waals surface area contributed by atoms with Crippen molar-refractivity contribution in [3.8, 4) is 5.75 Å². The van der Waals surface area contributed by atoms with Crippen molar-refractivity contribution in [1.82, 2.24) is 0 Å². The Morgan fingerprint density at radius 3 is 1.61 bits per heavy atom. The molecule has 1 rings (SSSR count). The maximum absolute atomic E-state index is 13.7. The summed E-state index contributed by atoms with van der Waals surface area (Å²) < 4.78 is 105. The van der Waals surface area contributed by atoms with Gasteiger partial charge < -0.3 is 15.7 Å². The molecule has 0 aromatic heterocycles. The van der Waals surface area contributed by atoms with Crippen molar-refractivity contribution in [2.24, 2.45) is 0 Å². The third-order valence-electron chi connectivity index (χ3n) is 6.98. The maximum Gasteiger partial charge on any atom is 0.393 e. The molecule has 0 saturated carbocycles. The number of nitrogens with one attached hydrogen (secondary N) is 2. The van der Waals surface area contributed by atoms with Gasteiger partial charge in [0.2, 0.25) is 0 Å². The number of unbranched alkanes of at least 4 members (excludes halogenated alkanes) is 15. The summed E-state index contributed by atoms with van der Waals surface area (Å²) in [6.07, 6.45) is 14.5. The molecule has 0 aliphatic carbocycles. The van der Waals surface area contributed by atoms with Crippen molar-refractivity contribution in [2.45, 2.75) is 134 Å². The van der Waals surface area contributed by atoms with E-state index >= 15 is 0 Å². The molecule has 1 aromatic carbocycles. The molecule has 41 heavy (non-hydrogen) atoms. The lowest BCUT2D eigenvalue weighted by molar-refractivity contribution is -0.326. The predicted molar refractivity (Wildman–Crippen MR) is 146 cm³/mol. The van der Waals surface area contributed by atoms with Crippen LogP contribution in [0.1, 0.15) is 110 Å². The number of phenols is 1. The third-order valence-corrected chi connectivity index (χ3v) is 6.98. The van der Waals surface area contributed by atoms with E-state index < -0.39 is 41.5 Å². The summed E-state index contributed by atoms with van der Waals surface area (Å²) in [5, 5.41) is 14.1.